The van der Waals surface area contributed by atoms with Crippen LogP contribution >= 0.6 is 0 Å². The van der Waals surface area contributed by atoms with E-state index in [4.69, 9.17) is 14.2 Å². The third-order valence-electron chi connectivity index (χ3n) is 6.28. The predicted molar refractivity (Wildman–Crippen MR) is 118 cm³/mol. The Hall–Kier alpha value is -3.47. The molecule has 2 aliphatic heterocycles. The standard InChI is InChI=1S/C24H25F3N2O6/c1-33-15-8-18(30)22(19(9-15)34-2)17(13-3-4-16-14(7-13)11-28-23(16)32)10-21(31)29-5-6-35-20(12-29)24(25,26)27/h3-4,7-9,17,20,30H,5-6,10-12H2,1-2H3,(H,28,32)/t17-,20-/m1/s1. The number of hydrogen-bond acceptors (Lipinski definition) is 6. The topological polar surface area (TPSA) is 97.3 Å². The number of fused-ring (bicyclic) bond motifs is 1. The number of phenolic OH excluding ortho intramolecular Hbond substituents is 1. The summed E-state index contributed by atoms with van der Waals surface area (Å²) in [5.41, 5.74) is 2.12. The molecule has 0 unspecified atom stereocenters. The van der Waals surface area contributed by atoms with Crippen LogP contribution in [0, 0.1) is 0 Å². The van der Waals surface area contributed by atoms with E-state index in [1.165, 1.54) is 20.3 Å². The zero-order valence-corrected chi connectivity index (χ0v) is 19.1. The molecule has 2 atom stereocenters. The highest BCUT2D eigenvalue weighted by Crippen LogP contribution is 2.44. The zero-order valence-electron chi connectivity index (χ0n) is 19.1. The van der Waals surface area contributed by atoms with Gasteiger partial charge in [-0.1, -0.05) is 12.1 Å². The maximum atomic E-state index is 13.2. The van der Waals surface area contributed by atoms with Crippen molar-refractivity contribution in [2.24, 2.45) is 0 Å². The Morgan fingerprint density at radius 2 is 2.03 bits per heavy atom. The molecule has 2 aromatic carbocycles. The molecule has 188 valence electrons. The Kier molecular flexibility index (Phi) is 6.79. The summed E-state index contributed by atoms with van der Waals surface area (Å²) in [6.07, 6.45) is -6.88. The molecule has 2 N–H and O–H groups in total. The molecule has 1 saturated heterocycles. The highest BCUT2D eigenvalue weighted by molar-refractivity contribution is 5.98. The number of nitrogens with one attached hydrogen (secondary N) is 1. The minimum atomic E-state index is -4.59. The molecule has 2 heterocycles. The Morgan fingerprint density at radius 1 is 1.26 bits per heavy atom. The number of aromatic hydroxyl groups is 1. The average molecular weight is 494 g/mol. The first-order valence-corrected chi connectivity index (χ1v) is 10.9. The van der Waals surface area contributed by atoms with E-state index in [-0.39, 0.29) is 37.0 Å². The minimum Gasteiger partial charge on any atom is -0.507 e. The van der Waals surface area contributed by atoms with Crippen LogP contribution in [0.3, 0.4) is 0 Å². The number of ether oxygens (including phenoxy) is 3. The smallest absolute Gasteiger partial charge is 0.416 e. The van der Waals surface area contributed by atoms with E-state index in [1.807, 2.05) is 0 Å². The number of hydrogen-bond donors (Lipinski definition) is 2. The van der Waals surface area contributed by atoms with E-state index in [0.29, 0.717) is 29.0 Å². The van der Waals surface area contributed by atoms with E-state index < -0.39 is 30.7 Å². The van der Waals surface area contributed by atoms with Gasteiger partial charge in [0, 0.05) is 48.7 Å². The summed E-state index contributed by atoms with van der Waals surface area (Å²) < 4.78 is 55.0. The van der Waals surface area contributed by atoms with Gasteiger partial charge in [0.15, 0.2) is 6.10 Å². The van der Waals surface area contributed by atoms with Crippen LogP contribution in [-0.4, -0.2) is 68.0 Å². The first-order chi connectivity index (χ1) is 16.6. The van der Waals surface area contributed by atoms with Crippen molar-refractivity contribution in [3.8, 4) is 17.2 Å². The Bertz CT molecular complexity index is 1140. The second-order valence-electron chi connectivity index (χ2n) is 8.36. The number of nitrogens with zero attached hydrogens (tertiary/aromatic N) is 1. The second-order valence-corrected chi connectivity index (χ2v) is 8.36. The van der Waals surface area contributed by atoms with Crippen molar-refractivity contribution < 1.29 is 42.1 Å². The first-order valence-electron chi connectivity index (χ1n) is 10.9. The van der Waals surface area contributed by atoms with Gasteiger partial charge in [0.25, 0.3) is 5.91 Å². The van der Waals surface area contributed by atoms with Crippen LogP contribution < -0.4 is 14.8 Å². The maximum absolute atomic E-state index is 13.2. The van der Waals surface area contributed by atoms with E-state index in [2.05, 4.69) is 5.32 Å². The summed E-state index contributed by atoms with van der Waals surface area (Å²) in [4.78, 5) is 26.4. The van der Waals surface area contributed by atoms with Gasteiger partial charge in [-0.2, -0.15) is 13.2 Å². The summed E-state index contributed by atoms with van der Waals surface area (Å²) >= 11 is 0. The summed E-state index contributed by atoms with van der Waals surface area (Å²) in [6, 6.07) is 7.99. The summed E-state index contributed by atoms with van der Waals surface area (Å²) in [6.45, 7) is -0.509. The average Bonchev–Trinajstić information content (AvgIpc) is 3.21. The van der Waals surface area contributed by atoms with Crippen molar-refractivity contribution in [1.29, 1.82) is 0 Å². The lowest BCUT2D eigenvalue weighted by Gasteiger charge is -2.34. The number of amides is 2. The SMILES string of the molecule is COc1cc(O)c([C@H](CC(=O)N2CCO[C@@H](C(F)(F)F)C2)c2ccc3c(c2)CNC3=O)c(OC)c1. The number of carbonyl (C=O) groups is 2. The molecule has 4 rings (SSSR count). The van der Waals surface area contributed by atoms with Crippen LogP contribution in [0.4, 0.5) is 13.2 Å². The number of carbonyl (C=O) groups excluding carboxylic acids is 2. The number of alkyl halides is 3. The van der Waals surface area contributed by atoms with E-state index >= 15 is 0 Å². The van der Waals surface area contributed by atoms with Crippen molar-refractivity contribution in [2.75, 3.05) is 33.9 Å². The number of rotatable bonds is 6. The lowest BCUT2D eigenvalue weighted by Crippen LogP contribution is -2.51. The van der Waals surface area contributed by atoms with Crippen LogP contribution in [0.1, 0.15) is 39.4 Å². The monoisotopic (exact) mass is 494 g/mol. The molecule has 1 fully saturated rings. The van der Waals surface area contributed by atoms with Crippen molar-refractivity contribution in [1.82, 2.24) is 10.2 Å². The quantitative estimate of drug-likeness (QED) is 0.641. The van der Waals surface area contributed by atoms with Gasteiger partial charge in [-0.05, 0) is 17.2 Å². The normalized spacial score (nSPS) is 18.6. The number of methoxy groups -OCH3 is 2. The zero-order chi connectivity index (χ0) is 25.3. The largest absolute Gasteiger partial charge is 0.507 e. The van der Waals surface area contributed by atoms with Gasteiger partial charge in [-0.3, -0.25) is 9.59 Å². The lowest BCUT2D eigenvalue weighted by atomic mass is 9.85. The fourth-order valence-electron chi connectivity index (χ4n) is 4.46. The van der Waals surface area contributed by atoms with Gasteiger partial charge in [-0.25, -0.2) is 0 Å². The molecule has 0 saturated carbocycles. The molecule has 11 heteroatoms. The summed E-state index contributed by atoms with van der Waals surface area (Å²) in [5.74, 6) is -1.11. The fourth-order valence-corrected chi connectivity index (χ4v) is 4.46. The highest BCUT2D eigenvalue weighted by Gasteiger charge is 2.44. The molecule has 0 aliphatic carbocycles. The van der Waals surface area contributed by atoms with Crippen molar-refractivity contribution in [2.45, 2.75) is 31.2 Å². The van der Waals surface area contributed by atoms with E-state index in [1.54, 1.807) is 24.3 Å². The molecular weight excluding hydrogens is 469 g/mol. The highest BCUT2D eigenvalue weighted by atomic mass is 19.4. The minimum absolute atomic E-state index is 0.0203. The molecule has 0 bridgehead atoms. The predicted octanol–water partition coefficient (Wildman–Crippen LogP) is 2.96. The van der Waals surface area contributed by atoms with Crippen LogP contribution in [0.25, 0.3) is 0 Å². The Labute approximate surface area is 199 Å². The van der Waals surface area contributed by atoms with Gasteiger partial charge in [0.1, 0.15) is 17.2 Å². The molecule has 0 aromatic heterocycles. The van der Waals surface area contributed by atoms with Gasteiger partial charge < -0.3 is 29.5 Å². The van der Waals surface area contributed by atoms with Crippen molar-refractivity contribution in [3.05, 3.63) is 52.6 Å². The molecular formula is C24H25F3N2O6. The van der Waals surface area contributed by atoms with Crippen molar-refractivity contribution >= 4 is 11.8 Å². The molecule has 2 aliphatic rings. The van der Waals surface area contributed by atoms with Gasteiger partial charge >= 0.3 is 6.18 Å². The molecule has 0 spiro atoms. The van der Waals surface area contributed by atoms with Crippen LogP contribution in [-0.2, 0) is 16.1 Å². The maximum Gasteiger partial charge on any atom is 0.416 e. The summed E-state index contributed by atoms with van der Waals surface area (Å²) in [5, 5.41) is 13.6. The van der Waals surface area contributed by atoms with Crippen LogP contribution in [0.2, 0.25) is 0 Å². The van der Waals surface area contributed by atoms with Gasteiger partial charge in [0.2, 0.25) is 5.91 Å². The fraction of sp³-hybridized carbons (Fsp3) is 0.417. The van der Waals surface area contributed by atoms with Gasteiger partial charge in [-0.15, -0.1) is 0 Å². The van der Waals surface area contributed by atoms with Gasteiger partial charge in [0.05, 0.1) is 27.4 Å². The number of halogens is 3. The lowest BCUT2D eigenvalue weighted by molar-refractivity contribution is -0.236. The number of morpholine rings is 1. The second kappa shape index (κ2) is 9.65. The number of phenols is 1. The molecule has 2 amide bonds. The van der Waals surface area contributed by atoms with Crippen molar-refractivity contribution in [3.63, 3.8) is 0 Å². The third-order valence-corrected chi connectivity index (χ3v) is 6.28. The Balaban J connectivity index is 1.72. The first kappa shape index (κ1) is 24.6. The van der Waals surface area contributed by atoms with E-state index in [0.717, 1.165) is 10.5 Å². The summed E-state index contributed by atoms with van der Waals surface area (Å²) in [7, 11) is 2.83. The molecule has 35 heavy (non-hydrogen) atoms. The molecule has 8 nitrogen and oxygen atoms in total. The van der Waals surface area contributed by atoms with E-state index in [9.17, 15) is 27.9 Å². The molecule has 2 aromatic rings. The Morgan fingerprint density at radius 3 is 2.71 bits per heavy atom. The number of benzene rings is 2. The van der Waals surface area contributed by atoms with Crippen LogP contribution in [0.5, 0.6) is 17.2 Å². The van der Waals surface area contributed by atoms with Crippen LogP contribution in [0.15, 0.2) is 30.3 Å². The third kappa shape index (κ3) is 5.00. The molecule has 0 radical (unpaired) electrons.